The third-order valence-corrected chi connectivity index (χ3v) is 8.76. The van der Waals surface area contributed by atoms with Gasteiger partial charge < -0.3 is 10.2 Å². The minimum atomic E-state index is -0.529. The molecule has 278 valence electrons. The predicted octanol–water partition coefficient (Wildman–Crippen LogP) is 6.79. The second-order valence-corrected chi connectivity index (χ2v) is 17.5. The van der Waals surface area contributed by atoms with E-state index in [1.54, 1.807) is 0 Å². The minimum absolute atomic E-state index is 0.00315. The first-order chi connectivity index (χ1) is 22.7. The molecule has 0 saturated heterocycles. The van der Waals surface area contributed by atoms with Gasteiger partial charge in [-0.3, -0.25) is 30.0 Å². The number of benzene rings is 2. The lowest BCUT2D eigenvalue weighted by atomic mass is 9.78. The molecule has 0 aliphatic heterocycles. The summed E-state index contributed by atoms with van der Waals surface area (Å²) in [5, 5.41) is 22.5. The molecule has 0 bridgehead atoms. The van der Waals surface area contributed by atoms with Crippen molar-refractivity contribution in [3.63, 3.8) is 0 Å². The number of aryl methyl sites for hydroxylation is 2. The fourth-order valence-electron chi connectivity index (χ4n) is 5.68. The van der Waals surface area contributed by atoms with Gasteiger partial charge in [0, 0.05) is 25.7 Å². The molecular formula is C40H62N4O6. The molecule has 0 atom stereocenters. The summed E-state index contributed by atoms with van der Waals surface area (Å²) in [5.74, 6) is 4.65. The second-order valence-electron chi connectivity index (χ2n) is 17.5. The zero-order valence-corrected chi connectivity index (χ0v) is 32.5. The highest BCUT2D eigenvalue weighted by Crippen LogP contribution is 2.41. The predicted molar refractivity (Wildman–Crippen MR) is 198 cm³/mol. The largest absolute Gasteiger partial charge is 0.507 e. The van der Waals surface area contributed by atoms with Gasteiger partial charge in [0.1, 0.15) is 11.5 Å². The number of nitrogens with zero attached hydrogens (tertiary/aromatic N) is 1. The van der Waals surface area contributed by atoms with Gasteiger partial charge in [0.2, 0.25) is 23.6 Å². The Morgan fingerprint density at radius 1 is 0.540 bits per heavy atom. The van der Waals surface area contributed by atoms with Crippen molar-refractivity contribution in [1.82, 2.24) is 15.9 Å². The van der Waals surface area contributed by atoms with Gasteiger partial charge >= 0.3 is 0 Å². The molecule has 10 nitrogen and oxygen atoms in total. The van der Waals surface area contributed by atoms with Gasteiger partial charge in [0.15, 0.2) is 0 Å². The minimum Gasteiger partial charge on any atom is -0.507 e. The molecule has 6 N–H and O–H groups in total. The van der Waals surface area contributed by atoms with Crippen molar-refractivity contribution in [3.05, 3.63) is 57.6 Å². The van der Waals surface area contributed by atoms with Crippen molar-refractivity contribution in [2.45, 2.75) is 156 Å². The Balaban J connectivity index is 1.82. The van der Waals surface area contributed by atoms with Gasteiger partial charge in [-0.2, -0.15) is 0 Å². The number of unbranched alkanes of at least 4 members (excludes halogenated alkanes) is 1. The van der Waals surface area contributed by atoms with Crippen molar-refractivity contribution < 1.29 is 29.4 Å². The highest BCUT2D eigenvalue weighted by atomic mass is 16.3. The maximum atomic E-state index is 12.8. The van der Waals surface area contributed by atoms with Gasteiger partial charge in [-0.25, -0.2) is 10.9 Å². The van der Waals surface area contributed by atoms with E-state index in [-0.39, 0.29) is 70.7 Å². The molecule has 2 aromatic rings. The third-order valence-electron chi connectivity index (χ3n) is 8.76. The Labute approximate surface area is 299 Å². The van der Waals surface area contributed by atoms with Crippen LogP contribution in [0.3, 0.4) is 0 Å². The monoisotopic (exact) mass is 694 g/mol. The van der Waals surface area contributed by atoms with Crippen LogP contribution in [0, 0.1) is 0 Å². The standard InChI is InChI=1S/C40H62N4O6/c1-37(2,3)27-21-25(22-28(35(27)49)38(4,5)6)17-19-32(46)43-42-31(45)15-13-14-16-33(47)44(41)34(48)20-18-26-23-29(39(7,8)9)36(50)30(24-26)40(10,11)12/h21-24,49-50H,13-20,41H2,1-12H3,(H,42,45)(H,43,46). The number of amides is 4. The van der Waals surface area contributed by atoms with E-state index in [9.17, 15) is 29.4 Å². The Hall–Kier alpha value is -3.92. The van der Waals surface area contributed by atoms with Crippen molar-refractivity contribution >= 4 is 23.6 Å². The normalized spacial score (nSPS) is 12.4. The van der Waals surface area contributed by atoms with Crippen LogP contribution < -0.4 is 16.7 Å². The van der Waals surface area contributed by atoms with Crippen LogP contribution in [0.2, 0.25) is 0 Å². The SMILES string of the molecule is CC(C)(C)c1cc(CCC(=O)NNC(=O)CCCCC(=O)N(N)C(=O)CCc2cc(C(C)(C)C)c(O)c(C(C)(C)C)c2)cc(C(C)(C)C)c1O. The summed E-state index contributed by atoms with van der Waals surface area (Å²) in [6, 6.07) is 7.70. The number of hydrogen-bond acceptors (Lipinski definition) is 7. The lowest BCUT2D eigenvalue weighted by Gasteiger charge is -2.28. The molecule has 2 aromatic carbocycles. The van der Waals surface area contributed by atoms with Gasteiger partial charge in [-0.1, -0.05) is 107 Å². The van der Waals surface area contributed by atoms with Crippen LogP contribution in [0.1, 0.15) is 155 Å². The molecule has 0 saturated carbocycles. The Morgan fingerprint density at radius 2 is 0.840 bits per heavy atom. The second kappa shape index (κ2) is 16.4. The van der Waals surface area contributed by atoms with Crippen molar-refractivity contribution in [2.24, 2.45) is 5.84 Å². The quantitative estimate of drug-likeness (QED) is 0.0749. The van der Waals surface area contributed by atoms with E-state index in [0.29, 0.717) is 30.7 Å². The zero-order valence-electron chi connectivity index (χ0n) is 32.5. The molecule has 0 radical (unpaired) electrons. The van der Waals surface area contributed by atoms with E-state index in [2.05, 4.69) is 10.9 Å². The summed E-state index contributed by atoms with van der Waals surface area (Å²) in [6.45, 7) is 24.3. The molecule has 50 heavy (non-hydrogen) atoms. The molecule has 4 amide bonds. The molecule has 2 rings (SSSR count). The van der Waals surface area contributed by atoms with Crippen molar-refractivity contribution in [1.29, 1.82) is 0 Å². The number of phenolic OH excluding ortho intramolecular Hbond substituents is 2. The van der Waals surface area contributed by atoms with Crippen molar-refractivity contribution in [3.8, 4) is 11.5 Å². The zero-order chi connectivity index (χ0) is 38.4. The molecule has 0 unspecified atom stereocenters. The number of rotatable bonds is 11. The van der Waals surface area contributed by atoms with Crippen LogP contribution in [-0.4, -0.2) is 38.9 Å². The van der Waals surface area contributed by atoms with E-state index >= 15 is 0 Å². The van der Waals surface area contributed by atoms with Crippen LogP contribution in [0.4, 0.5) is 0 Å². The summed E-state index contributed by atoms with van der Waals surface area (Å²) >= 11 is 0. The highest BCUT2D eigenvalue weighted by molar-refractivity contribution is 5.94. The van der Waals surface area contributed by atoms with Crippen LogP contribution in [0.5, 0.6) is 11.5 Å². The van der Waals surface area contributed by atoms with Crippen molar-refractivity contribution in [2.75, 3.05) is 0 Å². The lowest BCUT2D eigenvalue weighted by molar-refractivity contribution is -0.145. The molecule has 0 heterocycles. The highest BCUT2D eigenvalue weighted by Gasteiger charge is 2.28. The average molecular weight is 695 g/mol. The van der Waals surface area contributed by atoms with E-state index < -0.39 is 11.8 Å². The van der Waals surface area contributed by atoms with Gasteiger partial charge in [-0.05, 0) is 80.7 Å². The number of hydrogen-bond donors (Lipinski definition) is 5. The van der Waals surface area contributed by atoms with Crippen LogP contribution in [0.25, 0.3) is 0 Å². The maximum absolute atomic E-state index is 12.8. The summed E-state index contributed by atoms with van der Waals surface area (Å²) in [7, 11) is 0. The van der Waals surface area contributed by atoms with Gasteiger partial charge in [0.25, 0.3) is 0 Å². The number of phenols is 2. The molecule has 0 aliphatic rings. The fourth-order valence-corrected chi connectivity index (χ4v) is 5.68. The number of nitrogens with one attached hydrogen (secondary N) is 2. The van der Waals surface area contributed by atoms with Crippen LogP contribution >= 0.6 is 0 Å². The molecule has 0 aliphatic carbocycles. The Bertz CT molecular complexity index is 1480. The molecule has 0 spiro atoms. The summed E-state index contributed by atoms with van der Waals surface area (Å²) in [6.07, 6.45) is 1.78. The van der Waals surface area contributed by atoms with E-state index in [4.69, 9.17) is 5.84 Å². The number of imide groups is 1. The summed E-state index contributed by atoms with van der Waals surface area (Å²) in [4.78, 5) is 50.2. The number of nitrogens with two attached hydrogens (primary N) is 1. The topological polar surface area (TPSA) is 162 Å². The van der Waals surface area contributed by atoms with E-state index in [0.717, 1.165) is 33.4 Å². The van der Waals surface area contributed by atoms with Gasteiger partial charge in [-0.15, -0.1) is 0 Å². The molecule has 0 aromatic heterocycles. The first-order valence-electron chi connectivity index (χ1n) is 17.6. The fraction of sp³-hybridized carbons (Fsp3) is 0.600. The van der Waals surface area contributed by atoms with Gasteiger partial charge in [0.05, 0.1) is 0 Å². The summed E-state index contributed by atoms with van der Waals surface area (Å²) in [5.41, 5.74) is 8.79. The first kappa shape index (κ1) is 42.2. The average Bonchev–Trinajstić information content (AvgIpc) is 2.97. The molecule has 0 fully saturated rings. The first-order valence-corrected chi connectivity index (χ1v) is 17.6. The number of carbonyl (C=O) groups is 4. The maximum Gasteiger partial charge on any atom is 0.243 e. The molecular weight excluding hydrogens is 632 g/mol. The molecule has 10 heteroatoms. The summed E-state index contributed by atoms with van der Waals surface area (Å²) < 4.78 is 0. The number of hydrazine groups is 2. The Kier molecular flexibility index (Phi) is 13.9. The lowest BCUT2D eigenvalue weighted by Crippen LogP contribution is -2.42. The smallest absolute Gasteiger partial charge is 0.243 e. The Morgan fingerprint density at radius 3 is 1.20 bits per heavy atom. The van der Waals surface area contributed by atoms with Crippen LogP contribution in [-0.2, 0) is 53.7 Å². The number of carbonyl (C=O) groups excluding carboxylic acids is 4. The van der Waals surface area contributed by atoms with Crippen LogP contribution in [0.15, 0.2) is 24.3 Å². The van der Waals surface area contributed by atoms with E-state index in [1.807, 2.05) is 107 Å². The third kappa shape index (κ3) is 12.1. The number of aromatic hydroxyl groups is 2. The van der Waals surface area contributed by atoms with E-state index in [1.165, 1.54) is 0 Å².